The number of hydrogen-bond donors (Lipinski definition) is 2. The van der Waals surface area contributed by atoms with Crippen molar-refractivity contribution >= 4 is 22.4 Å². The molecule has 0 aliphatic heterocycles. The second-order valence-electron chi connectivity index (χ2n) is 4.12. The van der Waals surface area contributed by atoms with Gasteiger partial charge < -0.3 is 10.6 Å². The number of halogens is 1. The number of benzene rings is 1. The molecule has 0 heterocycles. The number of nitrogens with one attached hydrogen (secondary N) is 2. The minimum Gasteiger partial charge on any atom is -0.382 e. The molecule has 1 rings (SSSR count). The fourth-order valence-corrected chi connectivity index (χ4v) is 1.94. The van der Waals surface area contributed by atoms with Crippen LogP contribution in [0.2, 0.25) is 0 Å². The molecule has 6 heteroatoms. The lowest BCUT2D eigenvalue weighted by Crippen LogP contribution is -2.28. The minimum absolute atomic E-state index is 0.222. The van der Waals surface area contributed by atoms with Crippen LogP contribution < -0.4 is 10.6 Å². The number of rotatable bonds is 7. The van der Waals surface area contributed by atoms with E-state index in [9.17, 15) is 13.4 Å². The molecule has 0 saturated carbocycles. The molecule has 0 aromatic heterocycles. The standard InChI is InChI=1S/C13H19FN2O2S/c1-3-7-15-12-10(5-4-6-11(12)14)13(17)16-8-9-19(2)18/h4-6,15H,3,7-9H2,1-2H3,(H,16,17). The average molecular weight is 286 g/mol. The molecule has 1 unspecified atom stereocenters. The summed E-state index contributed by atoms with van der Waals surface area (Å²) in [6, 6.07) is 4.38. The second kappa shape index (κ2) is 7.89. The normalized spacial score (nSPS) is 11.9. The highest BCUT2D eigenvalue weighted by Crippen LogP contribution is 2.19. The summed E-state index contributed by atoms with van der Waals surface area (Å²) in [5.41, 5.74) is 0.495. The highest BCUT2D eigenvalue weighted by Gasteiger charge is 2.14. The van der Waals surface area contributed by atoms with Crippen molar-refractivity contribution in [2.24, 2.45) is 0 Å². The van der Waals surface area contributed by atoms with E-state index >= 15 is 0 Å². The van der Waals surface area contributed by atoms with Crippen LogP contribution in [-0.4, -0.2) is 35.2 Å². The van der Waals surface area contributed by atoms with Crippen molar-refractivity contribution in [1.82, 2.24) is 5.32 Å². The van der Waals surface area contributed by atoms with E-state index in [4.69, 9.17) is 0 Å². The molecule has 106 valence electrons. The van der Waals surface area contributed by atoms with Gasteiger partial charge in [0.2, 0.25) is 0 Å². The van der Waals surface area contributed by atoms with Crippen LogP contribution in [0.3, 0.4) is 0 Å². The van der Waals surface area contributed by atoms with Crippen molar-refractivity contribution in [3.8, 4) is 0 Å². The Morgan fingerprint density at radius 1 is 1.37 bits per heavy atom. The molecule has 19 heavy (non-hydrogen) atoms. The van der Waals surface area contributed by atoms with Gasteiger partial charge in [0.1, 0.15) is 5.82 Å². The van der Waals surface area contributed by atoms with Crippen LogP contribution in [-0.2, 0) is 10.8 Å². The predicted molar refractivity (Wildman–Crippen MR) is 76.4 cm³/mol. The topological polar surface area (TPSA) is 58.2 Å². The van der Waals surface area contributed by atoms with Gasteiger partial charge in [0.15, 0.2) is 0 Å². The zero-order valence-corrected chi connectivity index (χ0v) is 12.0. The third-order valence-electron chi connectivity index (χ3n) is 2.49. The summed E-state index contributed by atoms with van der Waals surface area (Å²) >= 11 is 0. The molecule has 1 aromatic rings. The summed E-state index contributed by atoms with van der Waals surface area (Å²) in [5.74, 6) is -0.414. The summed E-state index contributed by atoms with van der Waals surface area (Å²) < 4.78 is 24.6. The third-order valence-corrected chi connectivity index (χ3v) is 3.26. The van der Waals surface area contributed by atoms with Crippen LogP contribution in [0.15, 0.2) is 18.2 Å². The summed E-state index contributed by atoms with van der Waals surface area (Å²) in [5, 5.41) is 5.55. The summed E-state index contributed by atoms with van der Waals surface area (Å²) in [4.78, 5) is 11.9. The van der Waals surface area contributed by atoms with Crippen molar-refractivity contribution in [3.05, 3.63) is 29.6 Å². The van der Waals surface area contributed by atoms with Gasteiger partial charge in [-0.15, -0.1) is 0 Å². The number of hydrogen-bond acceptors (Lipinski definition) is 3. The maximum Gasteiger partial charge on any atom is 0.253 e. The number of amides is 1. The first kappa shape index (κ1) is 15.6. The lowest BCUT2D eigenvalue weighted by atomic mass is 10.1. The zero-order chi connectivity index (χ0) is 14.3. The number of anilines is 1. The molecule has 0 radical (unpaired) electrons. The van der Waals surface area contributed by atoms with E-state index in [2.05, 4.69) is 10.6 Å². The van der Waals surface area contributed by atoms with Gasteiger partial charge in [-0.05, 0) is 18.6 Å². The Morgan fingerprint density at radius 2 is 2.11 bits per heavy atom. The average Bonchev–Trinajstić information content (AvgIpc) is 2.36. The lowest BCUT2D eigenvalue weighted by molar-refractivity contribution is 0.0956. The largest absolute Gasteiger partial charge is 0.382 e. The van der Waals surface area contributed by atoms with E-state index in [0.29, 0.717) is 18.8 Å². The SMILES string of the molecule is CCCNc1c(F)cccc1C(=O)NCCS(C)=O. The minimum atomic E-state index is -0.957. The maximum atomic E-state index is 13.7. The van der Waals surface area contributed by atoms with Crippen LogP contribution in [0.1, 0.15) is 23.7 Å². The Bertz CT molecular complexity index is 466. The van der Waals surface area contributed by atoms with Gasteiger partial charge in [0.25, 0.3) is 5.91 Å². The van der Waals surface area contributed by atoms with Crippen LogP contribution >= 0.6 is 0 Å². The smallest absolute Gasteiger partial charge is 0.253 e. The monoisotopic (exact) mass is 286 g/mol. The van der Waals surface area contributed by atoms with Gasteiger partial charge in [-0.2, -0.15) is 0 Å². The Kier molecular flexibility index (Phi) is 6.49. The third kappa shape index (κ3) is 4.98. The number of carbonyl (C=O) groups is 1. The summed E-state index contributed by atoms with van der Waals surface area (Å²) in [6.07, 6.45) is 2.41. The van der Waals surface area contributed by atoms with Crippen molar-refractivity contribution in [2.75, 3.05) is 30.4 Å². The van der Waals surface area contributed by atoms with Crippen molar-refractivity contribution in [3.63, 3.8) is 0 Å². The molecule has 0 spiro atoms. The van der Waals surface area contributed by atoms with Crippen molar-refractivity contribution in [1.29, 1.82) is 0 Å². The van der Waals surface area contributed by atoms with E-state index in [1.54, 1.807) is 12.3 Å². The first-order valence-electron chi connectivity index (χ1n) is 6.16. The molecular weight excluding hydrogens is 267 g/mol. The van der Waals surface area contributed by atoms with Gasteiger partial charge >= 0.3 is 0 Å². The molecule has 0 saturated heterocycles. The molecule has 1 amide bonds. The Morgan fingerprint density at radius 3 is 2.74 bits per heavy atom. The van der Waals surface area contributed by atoms with E-state index in [1.807, 2.05) is 6.92 Å². The summed E-state index contributed by atoms with van der Waals surface area (Å²) in [7, 11) is -0.957. The Hall–Kier alpha value is -1.43. The van der Waals surface area contributed by atoms with E-state index in [-0.39, 0.29) is 17.2 Å². The maximum absolute atomic E-state index is 13.7. The van der Waals surface area contributed by atoms with Gasteiger partial charge in [-0.1, -0.05) is 13.0 Å². The first-order valence-corrected chi connectivity index (χ1v) is 7.89. The van der Waals surface area contributed by atoms with E-state index < -0.39 is 16.6 Å². The van der Waals surface area contributed by atoms with Gasteiger partial charge in [0.05, 0.1) is 11.3 Å². The van der Waals surface area contributed by atoms with Crippen LogP contribution in [0.4, 0.5) is 10.1 Å². The zero-order valence-electron chi connectivity index (χ0n) is 11.2. The highest BCUT2D eigenvalue weighted by atomic mass is 32.2. The van der Waals surface area contributed by atoms with Crippen LogP contribution in [0.25, 0.3) is 0 Å². The molecule has 2 N–H and O–H groups in total. The predicted octanol–water partition coefficient (Wildman–Crippen LogP) is 1.76. The van der Waals surface area contributed by atoms with Crippen LogP contribution in [0.5, 0.6) is 0 Å². The van der Waals surface area contributed by atoms with Crippen molar-refractivity contribution in [2.45, 2.75) is 13.3 Å². The molecule has 1 atom stereocenters. The second-order valence-corrected chi connectivity index (χ2v) is 5.68. The molecule has 0 aliphatic rings. The van der Waals surface area contributed by atoms with Gasteiger partial charge in [-0.3, -0.25) is 9.00 Å². The molecule has 0 fully saturated rings. The fraction of sp³-hybridized carbons (Fsp3) is 0.462. The summed E-state index contributed by atoms with van der Waals surface area (Å²) in [6.45, 7) is 2.87. The van der Waals surface area contributed by atoms with Gasteiger partial charge in [-0.25, -0.2) is 4.39 Å². The molecule has 1 aromatic carbocycles. The lowest BCUT2D eigenvalue weighted by Gasteiger charge is -2.12. The van der Waals surface area contributed by atoms with Crippen LogP contribution in [0, 0.1) is 5.82 Å². The quantitative estimate of drug-likeness (QED) is 0.803. The Labute approximate surface area is 115 Å². The highest BCUT2D eigenvalue weighted by molar-refractivity contribution is 7.84. The molecule has 0 aliphatic carbocycles. The molecule has 0 bridgehead atoms. The molecular formula is C13H19FN2O2S. The number of carbonyl (C=O) groups excluding carboxylic acids is 1. The van der Waals surface area contributed by atoms with Crippen molar-refractivity contribution < 1.29 is 13.4 Å². The van der Waals surface area contributed by atoms with E-state index in [0.717, 1.165) is 6.42 Å². The number of para-hydroxylation sites is 1. The van der Waals surface area contributed by atoms with E-state index in [1.165, 1.54) is 12.1 Å². The Balaban J connectivity index is 2.77. The fourth-order valence-electron chi connectivity index (χ4n) is 1.55. The van der Waals surface area contributed by atoms with Gasteiger partial charge in [0, 0.05) is 35.9 Å². The first-order chi connectivity index (χ1) is 9.06. The molecule has 4 nitrogen and oxygen atoms in total.